The number of fused-ring (bicyclic) bond motifs is 2. The number of nitrogens with one attached hydrogen (secondary N) is 2. The van der Waals surface area contributed by atoms with Gasteiger partial charge in [-0.3, -0.25) is 14.4 Å². The molecule has 3 aromatic rings. The van der Waals surface area contributed by atoms with Crippen LogP contribution >= 0.6 is 0 Å². The van der Waals surface area contributed by atoms with Gasteiger partial charge in [0.2, 0.25) is 11.8 Å². The van der Waals surface area contributed by atoms with E-state index in [-0.39, 0.29) is 29.9 Å². The smallest absolute Gasteiger partial charge is 0.310 e. The first-order valence-corrected chi connectivity index (χ1v) is 10.3. The number of carbonyl (C=O) groups is 2. The Kier molecular flexibility index (Phi) is 5.39. The molecule has 1 amide bonds. The summed E-state index contributed by atoms with van der Waals surface area (Å²) in [6, 6.07) is 5.36. The largest absolute Gasteiger partial charge is 0.475 e. The summed E-state index contributed by atoms with van der Waals surface area (Å²) in [5.74, 6) is 0.0705. The Balaban J connectivity index is 1.71. The summed E-state index contributed by atoms with van der Waals surface area (Å²) in [6.07, 6.45) is 4.42. The van der Waals surface area contributed by atoms with Crippen molar-refractivity contribution in [3.8, 4) is 5.88 Å². The van der Waals surface area contributed by atoms with Gasteiger partial charge in [0.25, 0.3) is 5.56 Å². The van der Waals surface area contributed by atoms with Crippen LogP contribution in [0.25, 0.3) is 21.5 Å². The molecule has 1 aromatic carbocycles. The van der Waals surface area contributed by atoms with E-state index >= 15 is 0 Å². The Bertz CT molecular complexity index is 1230. The lowest BCUT2D eigenvalue weighted by Gasteiger charge is -2.19. The predicted octanol–water partition coefficient (Wildman–Crippen LogP) is 2.62. The second kappa shape index (κ2) is 8.02. The van der Waals surface area contributed by atoms with Crippen LogP contribution in [0, 0.1) is 0 Å². The highest BCUT2D eigenvalue weighted by atomic mass is 16.6. The van der Waals surface area contributed by atoms with E-state index < -0.39 is 5.60 Å². The molecule has 0 radical (unpaired) electrons. The average molecular weight is 423 g/mol. The standard InChI is InChI=1S/C23H25N3O5/c1-23(2,3)31-20(28)9-14-11-25-21(29)18-8-13-6-7-24-22(17(13)10-16(14)18)30-12-15-4-5-19(27)26-15/h6-8,10-11,15H,4-5,9,12H2,1-3H3,(H,25,29)(H,26,27)/t15-/m0/s1. The van der Waals surface area contributed by atoms with Crippen LogP contribution in [0.4, 0.5) is 0 Å². The zero-order valence-corrected chi connectivity index (χ0v) is 17.8. The quantitative estimate of drug-likeness (QED) is 0.482. The molecule has 0 spiro atoms. The number of hydrogen-bond donors (Lipinski definition) is 2. The average Bonchev–Trinajstić information content (AvgIpc) is 3.11. The molecule has 31 heavy (non-hydrogen) atoms. The molecule has 8 heteroatoms. The molecule has 8 nitrogen and oxygen atoms in total. The molecule has 1 saturated heterocycles. The highest BCUT2D eigenvalue weighted by Crippen LogP contribution is 2.29. The maximum absolute atomic E-state index is 12.4. The summed E-state index contributed by atoms with van der Waals surface area (Å²) >= 11 is 0. The van der Waals surface area contributed by atoms with Crippen LogP contribution in [0.2, 0.25) is 0 Å². The van der Waals surface area contributed by atoms with E-state index in [4.69, 9.17) is 9.47 Å². The van der Waals surface area contributed by atoms with Crippen molar-refractivity contribution in [2.45, 2.75) is 51.7 Å². The van der Waals surface area contributed by atoms with Gasteiger partial charge in [0.05, 0.1) is 12.5 Å². The summed E-state index contributed by atoms with van der Waals surface area (Å²) in [4.78, 5) is 43.3. The van der Waals surface area contributed by atoms with E-state index in [1.165, 1.54) is 0 Å². The molecule has 1 aliphatic heterocycles. The highest BCUT2D eigenvalue weighted by Gasteiger charge is 2.22. The van der Waals surface area contributed by atoms with Crippen molar-refractivity contribution >= 4 is 33.4 Å². The number of benzene rings is 1. The third-order valence-corrected chi connectivity index (χ3v) is 5.10. The van der Waals surface area contributed by atoms with Gasteiger partial charge < -0.3 is 19.8 Å². The lowest BCUT2D eigenvalue weighted by Crippen LogP contribution is -2.31. The highest BCUT2D eigenvalue weighted by molar-refractivity contribution is 6.01. The van der Waals surface area contributed by atoms with Gasteiger partial charge in [-0.1, -0.05) is 0 Å². The summed E-state index contributed by atoms with van der Waals surface area (Å²) < 4.78 is 11.3. The van der Waals surface area contributed by atoms with E-state index in [1.54, 1.807) is 24.5 Å². The van der Waals surface area contributed by atoms with Crippen LogP contribution < -0.4 is 15.6 Å². The number of nitrogens with zero attached hydrogens (tertiary/aromatic N) is 1. The predicted molar refractivity (Wildman–Crippen MR) is 116 cm³/mol. The molecule has 2 N–H and O–H groups in total. The third kappa shape index (κ3) is 4.68. The van der Waals surface area contributed by atoms with Crippen molar-refractivity contribution < 1.29 is 19.1 Å². The fourth-order valence-electron chi connectivity index (χ4n) is 3.73. The van der Waals surface area contributed by atoms with Crippen LogP contribution in [0.15, 0.2) is 35.4 Å². The van der Waals surface area contributed by atoms with Crippen molar-refractivity contribution in [3.05, 3.63) is 46.5 Å². The molecule has 1 aliphatic rings. The van der Waals surface area contributed by atoms with E-state index in [0.29, 0.717) is 35.2 Å². The van der Waals surface area contributed by atoms with Gasteiger partial charge in [-0.15, -0.1) is 0 Å². The molecule has 0 unspecified atom stereocenters. The number of ether oxygens (including phenoxy) is 2. The number of rotatable bonds is 5. The van der Waals surface area contributed by atoms with Gasteiger partial charge in [-0.05, 0) is 61.7 Å². The minimum absolute atomic E-state index is 0.0245. The van der Waals surface area contributed by atoms with Crippen molar-refractivity contribution in [2.75, 3.05) is 6.61 Å². The molecule has 3 heterocycles. The molecule has 0 aliphatic carbocycles. The third-order valence-electron chi connectivity index (χ3n) is 5.10. The lowest BCUT2D eigenvalue weighted by molar-refractivity contribution is -0.153. The van der Waals surface area contributed by atoms with Gasteiger partial charge in [0, 0.05) is 29.6 Å². The Morgan fingerprint density at radius 2 is 2.00 bits per heavy atom. The van der Waals surface area contributed by atoms with Crippen LogP contribution in [-0.4, -0.2) is 40.1 Å². The normalized spacial score (nSPS) is 16.5. The fourth-order valence-corrected chi connectivity index (χ4v) is 3.73. The first-order chi connectivity index (χ1) is 14.7. The first-order valence-electron chi connectivity index (χ1n) is 10.3. The summed E-state index contributed by atoms with van der Waals surface area (Å²) in [7, 11) is 0. The van der Waals surface area contributed by atoms with Crippen LogP contribution in [0.1, 0.15) is 39.2 Å². The Hall–Kier alpha value is -3.42. The van der Waals surface area contributed by atoms with Gasteiger partial charge in [0.1, 0.15) is 12.2 Å². The van der Waals surface area contributed by atoms with Crippen molar-refractivity contribution in [1.82, 2.24) is 15.3 Å². The maximum atomic E-state index is 12.4. The number of hydrogen-bond acceptors (Lipinski definition) is 6. The summed E-state index contributed by atoms with van der Waals surface area (Å²) in [5.41, 5.74) is -0.177. The summed E-state index contributed by atoms with van der Waals surface area (Å²) in [6.45, 7) is 5.75. The second-order valence-corrected chi connectivity index (χ2v) is 8.76. The molecule has 1 atom stereocenters. The van der Waals surface area contributed by atoms with Gasteiger partial charge in [-0.2, -0.15) is 0 Å². The fraction of sp³-hybridized carbons (Fsp3) is 0.391. The minimum atomic E-state index is -0.595. The molecule has 0 bridgehead atoms. The molecule has 2 aromatic heterocycles. The van der Waals surface area contributed by atoms with Crippen molar-refractivity contribution in [1.29, 1.82) is 0 Å². The molecule has 162 valence electrons. The van der Waals surface area contributed by atoms with Crippen LogP contribution in [0.3, 0.4) is 0 Å². The summed E-state index contributed by atoms with van der Waals surface area (Å²) in [5, 5.41) is 5.53. The SMILES string of the molecule is CC(C)(C)OC(=O)Cc1c[nH]c(=O)c2cc3ccnc(OC[C@@H]4CCC(=O)N4)c3cc12. The van der Waals surface area contributed by atoms with E-state index in [9.17, 15) is 14.4 Å². The number of H-pyrrole nitrogens is 1. The topological polar surface area (TPSA) is 110 Å². The van der Waals surface area contributed by atoms with E-state index in [2.05, 4.69) is 15.3 Å². The van der Waals surface area contributed by atoms with Crippen molar-refractivity contribution in [3.63, 3.8) is 0 Å². The van der Waals surface area contributed by atoms with E-state index in [1.807, 2.05) is 26.8 Å². The molecular formula is C23H25N3O5. The van der Waals surface area contributed by atoms with Crippen LogP contribution in [0.5, 0.6) is 5.88 Å². The molecular weight excluding hydrogens is 398 g/mol. The Morgan fingerprint density at radius 1 is 1.19 bits per heavy atom. The molecule has 4 rings (SSSR count). The van der Waals surface area contributed by atoms with Gasteiger partial charge >= 0.3 is 5.97 Å². The van der Waals surface area contributed by atoms with Crippen LogP contribution in [-0.2, 0) is 20.7 Å². The molecule has 0 saturated carbocycles. The second-order valence-electron chi connectivity index (χ2n) is 8.76. The van der Waals surface area contributed by atoms with E-state index in [0.717, 1.165) is 17.2 Å². The zero-order chi connectivity index (χ0) is 22.2. The number of aromatic amines is 1. The maximum Gasteiger partial charge on any atom is 0.310 e. The molecule has 1 fully saturated rings. The van der Waals surface area contributed by atoms with Gasteiger partial charge in [-0.25, -0.2) is 4.98 Å². The number of esters is 1. The Labute approximate surface area is 179 Å². The Morgan fingerprint density at radius 3 is 2.71 bits per heavy atom. The number of pyridine rings is 2. The number of carbonyl (C=O) groups excluding carboxylic acids is 2. The zero-order valence-electron chi connectivity index (χ0n) is 17.8. The van der Waals surface area contributed by atoms with Crippen molar-refractivity contribution in [2.24, 2.45) is 0 Å². The number of aromatic nitrogens is 2. The monoisotopic (exact) mass is 423 g/mol. The number of amides is 1. The minimum Gasteiger partial charge on any atom is -0.475 e. The van der Waals surface area contributed by atoms with Gasteiger partial charge in [0.15, 0.2) is 0 Å². The first kappa shape index (κ1) is 20.8. The lowest BCUT2D eigenvalue weighted by atomic mass is 10.0.